The summed E-state index contributed by atoms with van der Waals surface area (Å²) in [6, 6.07) is 7.59. The number of aliphatic hydroxyl groups excluding tert-OH is 1. The van der Waals surface area contributed by atoms with E-state index in [4.69, 9.17) is 16.7 Å². The molecule has 88 valence electrons. The standard InChI is InChI=1S/C12H16ClNO2/c13-11-4-1-3-10(9-11)6-7-14-12(16)5-2-8-15/h1,3-4,9,15H,2,5-8H2,(H,14,16). The smallest absolute Gasteiger partial charge is 0.220 e. The van der Waals surface area contributed by atoms with Gasteiger partial charge in [0.05, 0.1) is 0 Å². The Hall–Kier alpha value is -1.06. The largest absolute Gasteiger partial charge is 0.396 e. The molecule has 0 aliphatic rings. The average Bonchev–Trinajstić information content (AvgIpc) is 2.26. The van der Waals surface area contributed by atoms with Crippen LogP contribution < -0.4 is 5.32 Å². The number of hydrogen-bond acceptors (Lipinski definition) is 2. The number of rotatable bonds is 6. The third kappa shape index (κ3) is 5.14. The monoisotopic (exact) mass is 241 g/mol. The third-order valence-corrected chi connectivity index (χ3v) is 2.42. The molecule has 0 aromatic heterocycles. The van der Waals surface area contributed by atoms with Gasteiger partial charge in [-0.15, -0.1) is 0 Å². The second-order valence-electron chi connectivity index (χ2n) is 3.56. The van der Waals surface area contributed by atoms with Crippen molar-refractivity contribution in [2.24, 2.45) is 0 Å². The van der Waals surface area contributed by atoms with E-state index in [1.54, 1.807) is 0 Å². The van der Waals surface area contributed by atoms with Crippen LogP contribution in [0.3, 0.4) is 0 Å². The van der Waals surface area contributed by atoms with Gasteiger partial charge in [-0.3, -0.25) is 4.79 Å². The van der Waals surface area contributed by atoms with E-state index in [0.29, 0.717) is 24.4 Å². The molecule has 1 aromatic carbocycles. The van der Waals surface area contributed by atoms with E-state index in [2.05, 4.69) is 5.32 Å². The predicted octanol–water partition coefficient (Wildman–Crippen LogP) is 1.77. The SMILES string of the molecule is O=C(CCCO)NCCc1cccc(Cl)c1. The van der Waals surface area contributed by atoms with Crippen LogP contribution in [0.15, 0.2) is 24.3 Å². The van der Waals surface area contributed by atoms with Crippen LogP contribution in [0.5, 0.6) is 0 Å². The lowest BCUT2D eigenvalue weighted by Gasteiger charge is -2.05. The molecule has 0 heterocycles. The van der Waals surface area contributed by atoms with Crippen LogP contribution in [-0.4, -0.2) is 24.2 Å². The Bertz CT molecular complexity index is 342. The van der Waals surface area contributed by atoms with E-state index in [1.807, 2.05) is 24.3 Å². The van der Waals surface area contributed by atoms with E-state index in [-0.39, 0.29) is 12.5 Å². The first-order chi connectivity index (χ1) is 7.72. The summed E-state index contributed by atoms with van der Waals surface area (Å²) in [6.45, 7) is 0.659. The van der Waals surface area contributed by atoms with Crippen molar-refractivity contribution in [3.8, 4) is 0 Å². The zero-order valence-corrected chi connectivity index (χ0v) is 9.83. The van der Waals surface area contributed by atoms with Gasteiger partial charge in [-0.2, -0.15) is 0 Å². The van der Waals surface area contributed by atoms with Crippen molar-refractivity contribution < 1.29 is 9.90 Å². The molecular formula is C12H16ClNO2. The van der Waals surface area contributed by atoms with Gasteiger partial charge in [0.15, 0.2) is 0 Å². The van der Waals surface area contributed by atoms with Crippen LogP contribution in [0.1, 0.15) is 18.4 Å². The highest BCUT2D eigenvalue weighted by Crippen LogP contribution is 2.10. The first kappa shape index (κ1) is 13.0. The summed E-state index contributed by atoms with van der Waals surface area (Å²) in [6.07, 6.45) is 1.67. The van der Waals surface area contributed by atoms with Crippen molar-refractivity contribution in [2.75, 3.05) is 13.2 Å². The highest BCUT2D eigenvalue weighted by Gasteiger charge is 2.00. The van der Waals surface area contributed by atoms with E-state index in [0.717, 1.165) is 12.0 Å². The quantitative estimate of drug-likeness (QED) is 0.798. The highest BCUT2D eigenvalue weighted by atomic mass is 35.5. The van der Waals surface area contributed by atoms with Gasteiger partial charge >= 0.3 is 0 Å². The van der Waals surface area contributed by atoms with Crippen molar-refractivity contribution in [3.63, 3.8) is 0 Å². The second-order valence-corrected chi connectivity index (χ2v) is 3.99. The maximum Gasteiger partial charge on any atom is 0.220 e. The summed E-state index contributed by atoms with van der Waals surface area (Å²) < 4.78 is 0. The van der Waals surface area contributed by atoms with Crippen LogP contribution in [0.4, 0.5) is 0 Å². The van der Waals surface area contributed by atoms with Crippen molar-refractivity contribution in [2.45, 2.75) is 19.3 Å². The molecule has 0 saturated heterocycles. The molecule has 0 atom stereocenters. The second kappa shape index (κ2) is 7.25. The molecule has 0 aliphatic carbocycles. The molecular weight excluding hydrogens is 226 g/mol. The van der Waals surface area contributed by atoms with E-state index in [1.165, 1.54) is 0 Å². The predicted molar refractivity (Wildman–Crippen MR) is 64.5 cm³/mol. The number of amides is 1. The lowest BCUT2D eigenvalue weighted by atomic mass is 10.1. The normalized spacial score (nSPS) is 10.1. The molecule has 1 aromatic rings. The number of nitrogens with one attached hydrogen (secondary N) is 1. The molecule has 3 nitrogen and oxygen atoms in total. The summed E-state index contributed by atoms with van der Waals surface area (Å²) >= 11 is 5.84. The number of carbonyl (C=O) groups is 1. The fourth-order valence-corrected chi connectivity index (χ4v) is 1.58. The van der Waals surface area contributed by atoms with E-state index in [9.17, 15) is 4.79 Å². The van der Waals surface area contributed by atoms with E-state index < -0.39 is 0 Å². The summed E-state index contributed by atoms with van der Waals surface area (Å²) in [7, 11) is 0. The Morgan fingerprint density at radius 2 is 2.25 bits per heavy atom. The first-order valence-electron chi connectivity index (χ1n) is 5.34. The minimum Gasteiger partial charge on any atom is -0.396 e. The molecule has 2 N–H and O–H groups in total. The Kier molecular flexibility index (Phi) is 5.90. The maximum absolute atomic E-state index is 11.2. The molecule has 0 bridgehead atoms. The number of hydrogen-bond donors (Lipinski definition) is 2. The minimum absolute atomic E-state index is 0.0175. The molecule has 0 saturated carbocycles. The summed E-state index contributed by atoms with van der Waals surface area (Å²) in [4.78, 5) is 11.2. The van der Waals surface area contributed by atoms with E-state index >= 15 is 0 Å². The van der Waals surface area contributed by atoms with Crippen molar-refractivity contribution >= 4 is 17.5 Å². The molecule has 0 spiro atoms. The zero-order valence-electron chi connectivity index (χ0n) is 9.08. The van der Waals surface area contributed by atoms with Crippen molar-refractivity contribution in [3.05, 3.63) is 34.9 Å². The zero-order chi connectivity index (χ0) is 11.8. The van der Waals surface area contributed by atoms with Crippen LogP contribution >= 0.6 is 11.6 Å². The molecule has 0 unspecified atom stereocenters. The topological polar surface area (TPSA) is 49.3 Å². The van der Waals surface area contributed by atoms with Crippen molar-refractivity contribution in [1.29, 1.82) is 0 Å². The summed E-state index contributed by atoms with van der Waals surface area (Å²) in [5.74, 6) is -0.0175. The van der Waals surface area contributed by atoms with Gasteiger partial charge in [0.2, 0.25) is 5.91 Å². The Balaban J connectivity index is 2.22. The molecule has 4 heteroatoms. The minimum atomic E-state index is -0.0175. The van der Waals surface area contributed by atoms with Gasteiger partial charge in [0, 0.05) is 24.6 Å². The molecule has 16 heavy (non-hydrogen) atoms. The number of halogens is 1. The summed E-state index contributed by atoms with van der Waals surface area (Å²) in [5, 5.41) is 12.1. The Labute approximate surface area is 100 Å². The Morgan fingerprint density at radius 1 is 1.44 bits per heavy atom. The third-order valence-electron chi connectivity index (χ3n) is 2.19. The van der Waals surface area contributed by atoms with Gasteiger partial charge in [0.1, 0.15) is 0 Å². The van der Waals surface area contributed by atoms with Gasteiger partial charge < -0.3 is 10.4 Å². The number of carbonyl (C=O) groups excluding carboxylic acids is 1. The van der Waals surface area contributed by atoms with Crippen molar-refractivity contribution in [1.82, 2.24) is 5.32 Å². The van der Waals surface area contributed by atoms with Crippen LogP contribution in [0.2, 0.25) is 5.02 Å². The molecule has 0 fully saturated rings. The molecule has 0 radical (unpaired) electrons. The maximum atomic E-state index is 11.2. The van der Waals surface area contributed by atoms with Gasteiger partial charge in [-0.05, 0) is 30.5 Å². The van der Waals surface area contributed by atoms with Crippen LogP contribution in [0, 0.1) is 0 Å². The van der Waals surface area contributed by atoms with Gasteiger partial charge in [-0.25, -0.2) is 0 Å². The fourth-order valence-electron chi connectivity index (χ4n) is 1.37. The number of aliphatic hydroxyl groups is 1. The van der Waals surface area contributed by atoms with Crippen LogP contribution in [0.25, 0.3) is 0 Å². The molecule has 1 amide bonds. The average molecular weight is 242 g/mol. The lowest BCUT2D eigenvalue weighted by molar-refractivity contribution is -0.121. The number of benzene rings is 1. The highest BCUT2D eigenvalue weighted by molar-refractivity contribution is 6.30. The first-order valence-corrected chi connectivity index (χ1v) is 5.72. The van der Waals surface area contributed by atoms with Gasteiger partial charge in [-0.1, -0.05) is 23.7 Å². The Morgan fingerprint density at radius 3 is 2.94 bits per heavy atom. The summed E-state index contributed by atoms with van der Waals surface area (Å²) in [5.41, 5.74) is 1.11. The lowest BCUT2D eigenvalue weighted by Crippen LogP contribution is -2.25. The van der Waals surface area contributed by atoms with Crippen LogP contribution in [-0.2, 0) is 11.2 Å². The molecule has 1 rings (SSSR count). The van der Waals surface area contributed by atoms with Gasteiger partial charge in [0.25, 0.3) is 0 Å². The molecule has 0 aliphatic heterocycles. The fraction of sp³-hybridized carbons (Fsp3) is 0.417.